The summed E-state index contributed by atoms with van der Waals surface area (Å²) in [6.45, 7) is 0.524. The second-order valence-corrected chi connectivity index (χ2v) is 9.40. The Labute approximate surface area is 219 Å². The molecule has 1 aliphatic heterocycles. The van der Waals surface area contributed by atoms with Crippen LogP contribution in [-0.4, -0.2) is 45.8 Å². The predicted octanol–water partition coefficient (Wildman–Crippen LogP) is 4.42. The second-order valence-electron chi connectivity index (χ2n) is 8.59. The Morgan fingerprint density at radius 2 is 1.95 bits per heavy atom. The molecule has 0 saturated heterocycles. The van der Waals surface area contributed by atoms with Crippen LogP contribution in [0.25, 0.3) is 28.1 Å². The van der Waals surface area contributed by atoms with E-state index in [1.807, 2.05) is 6.07 Å². The van der Waals surface area contributed by atoms with Crippen molar-refractivity contribution in [1.82, 2.24) is 34.7 Å². The van der Waals surface area contributed by atoms with Gasteiger partial charge in [-0.2, -0.15) is 4.68 Å². The van der Waals surface area contributed by atoms with Crippen molar-refractivity contribution in [3.63, 3.8) is 0 Å². The molecule has 184 valence electrons. The lowest BCUT2D eigenvalue weighted by Gasteiger charge is -2.13. The Hall–Kier alpha value is -4.28. The van der Waals surface area contributed by atoms with Crippen LogP contribution in [0.1, 0.15) is 34.2 Å². The molecule has 4 heterocycles. The molecule has 1 unspecified atom stereocenters. The fourth-order valence-corrected chi connectivity index (χ4v) is 5.14. The maximum absolute atomic E-state index is 13.1. The first-order valence-corrected chi connectivity index (χ1v) is 12.0. The summed E-state index contributed by atoms with van der Waals surface area (Å²) in [6.07, 6.45) is 2.12. The van der Waals surface area contributed by atoms with E-state index < -0.39 is 5.97 Å². The SMILES string of the molecule is O=C(O)c1cccc(-c2nc(C3CCn4c3cc(-c3cc(Cl)ccc3-n3cnnn3)cc4=O)[nH]c2Cl)c1. The molecule has 0 amide bonds. The normalized spacial score (nSPS) is 14.6. The van der Waals surface area contributed by atoms with Crippen LogP contribution in [0.15, 0.2) is 65.7 Å². The number of imidazole rings is 1. The maximum atomic E-state index is 13.1. The highest BCUT2D eigenvalue weighted by atomic mass is 35.5. The zero-order valence-corrected chi connectivity index (χ0v) is 20.5. The number of pyridine rings is 1. The second kappa shape index (κ2) is 8.99. The molecule has 3 aromatic heterocycles. The van der Waals surface area contributed by atoms with Crippen molar-refractivity contribution in [3.05, 3.63) is 98.5 Å². The van der Waals surface area contributed by atoms with Gasteiger partial charge in [-0.05, 0) is 58.8 Å². The van der Waals surface area contributed by atoms with Crippen molar-refractivity contribution in [1.29, 1.82) is 0 Å². The number of nitrogens with zero attached hydrogens (tertiary/aromatic N) is 6. The van der Waals surface area contributed by atoms with Crippen LogP contribution in [0.4, 0.5) is 0 Å². The van der Waals surface area contributed by atoms with Crippen molar-refractivity contribution in [3.8, 4) is 28.1 Å². The third kappa shape index (κ3) is 4.09. The number of rotatable bonds is 5. The van der Waals surface area contributed by atoms with Gasteiger partial charge in [-0.1, -0.05) is 35.3 Å². The fraction of sp³-hybridized carbons (Fsp3) is 0.120. The number of halogens is 2. The largest absolute Gasteiger partial charge is 0.478 e. The Balaban J connectivity index is 1.44. The van der Waals surface area contributed by atoms with E-state index in [2.05, 4.69) is 20.5 Å². The van der Waals surface area contributed by atoms with Gasteiger partial charge in [-0.3, -0.25) is 4.79 Å². The number of hydrogen-bond donors (Lipinski definition) is 2. The number of nitrogens with one attached hydrogen (secondary N) is 1. The molecule has 2 N–H and O–H groups in total. The Morgan fingerprint density at radius 3 is 2.73 bits per heavy atom. The molecule has 0 spiro atoms. The first kappa shape index (κ1) is 23.1. The van der Waals surface area contributed by atoms with Crippen LogP contribution in [0.3, 0.4) is 0 Å². The number of aromatic carboxylic acids is 1. The van der Waals surface area contributed by atoms with Crippen LogP contribution >= 0.6 is 23.2 Å². The Kier molecular flexibility index (Phi) is 5.62. The number of fused-ring (bicyclic) bond motifs is 1. The average molecular weight is 534 g/mol. The van der Waals surface area contributed by atoms with Crippen molar-refractivity contribution in [2.75, 3.05) is 0 Å². The summed E-state index contributed by atoms with van der Waals surface area (Å²) in [7, 11) is 0. The smallest absolute Gasteiger partial charge is 0.335 e. The summed E-state index contributed by atoms with van der Waals surface area (Å²) in [5.74, 6) is -0.667. The molecule has 10 nitrogen and oxygen atoms in total. The molecule has 12 heteroatoms. The van der Waals surface area contributed by atoms with Crippen molar-refractivity contribution in [2.45, 2.75) is 18.9 Å². The molecule has 1 aliphatic rings. The summed E-state index contributed by atoms with van der Waals surface area (Å²) in [4.78, 5) is 32.4. The van der Waals surface area contributed by atoms with Crippen molar-refractivity contribution < 1.29 is 9.90 Å². The summed E-state index contributed by atoms with van der Waals surface area (Å²) >= 11 is 12.8. The number of carbonyl (C=O) groups is 1. The van der Waals surface area contributed by atoms with Crippen LogP contribution < -0.4 is 5.56 Å². The van der Waals surface area contributed by atoms with Crippen LogP contribution in [0, 0.1) is 0 Å². The Morgan fingerprint density at radius 1 is 1.08 bits per heavy atom. The van der Waals surface area contributed by atoms with E-state index >= 15 is 0 Å². The lowest BCUT2D eigenvalue weighted by molar-refractivity contribution is 0.0697. The van der Waals surface area contributed by atoms with Gasteiger partial charge >= 0.3 is 5.97 Å². The molecule has 2 aromatic carbocycles. The Bertz CT molecular complexity index is 1730. The minimum Gasteiger partial charge on any atom is -0.478 e. The van der Waals surface area contributed by atoms with Gasteiger partial charge in [0.1, 0.15) is 23.0 Å². The van der Waals surface area contributed by atoms with Crippen LogP contribution in [-0.2, 0) is 6.54 Å². The van der Waals surface area contributed by atoms with Crippen molar-refractivity contribution >= 4 is 29.2 Å². The van der Waals surface area contributed by atoms with Gasteiger partial charge in [-0.25, -0.2) is 9.78 Å². The lowest BCUT2D eigenvalue weighted by Crippen LogP contribution is -2.19. The number of carboxylic acids is 1. The summed E-state index contributed by atoms with van der Waals surface area (Å²) < 4.78 is 3.23. The molecule has 0 fully saturated rings. The average Bonchev–Trinajstić information content (AvgIpc) is 3.64. The third-order valence-corrected chi connectivity index (χ3v) is 6.92. The molecule has 0 bridgehead atoms. The van der Waals surface area contributed by atoms with E-state index in [4.69, 9.17) is 28.2 Å². The molecule has 5 aromatic rings. The predicted molar refractivity (Wildman–Crippen MR) is 136 cm³/mol. The third-order valence-electron chi connectivity index (χ3n) is 6.41. The van der Waals surface area contributed by atoms with Gasteiger partial charge in [0.2, 0.25) is 0 Å². The molecule has 6 rings (SSSR count). The highest BCUT2D eigenvalue weighted by molar-refractivity contribution is 6.32. The highest BCUT2D eigenvalue weighted by Gasteiger charge is 2.29. The van der Waals surface area contributed by atoms with E-state index in [0.717, 1.165) is 5.69 Å². The molecule has 0 saturated carbocycles. The molecule has 0 radical (unpaired) electrons. The number of benzene rings is 2. The van der Waals surface area contributed by atoms with Crippen molar-refractivity contribution in [2.24, 2.45) is 0 Å². The fourth-order valence-electron chi connectivity index (χ4n) is 4.72. The zero-order valence-electron chi connectivity index (χ0n) is 19.0. The maximum Gasteiger partial charge on any atom is 0.335 e. The summed E-state index contributed by atoms with van der Waals surface area (Å²) in [6, 6.07) is 15.2. The minimum atomic E-state index is -1.03. The van der Waals surface area contributed by atoms with E-state index in [0.29, 0.717) is 57.0 Å². The number of tetrazole rings is 1. The molecule has 37 heavy (non-hydrogen) atoms. The highest BCUT2D eigenvalue weighted by Crippen LogP contribution is 2.38. The summed E-state index contributed by atoms with van der Waals surface area (Å²) in [5, 5.41) is 21.5. The number of hydrogen-bond acceptors (Lipinski definition) is 6. The summed E-state index contributed by atoms with van der Waals surface area (Å²) in [5.41, 5.74) is 3.85. The standard InChI is InChI=1S/C25H17Cl2N7O3/c26-16-4-5-19(34-12-28-31-32-34)18(11-16)15-9-20-17(6-7-33(20)21(35)10-15)24-29-22(23(27)30-24)13-2-1-3-14(8-13)25(36)37/h1-5,8-12,17H,6-7H2,(H,29,30)(H,36,37). The lowest BCUT2D eigenvalue weighted by atomic mass is 9.98. The van der Waals surface area contributed by atoms with E-state index in [9.17, 15) is 14.7 Å². The minimum absolute atomic E-state index is 0.139. The number of aromatic nitrogens is 7. The molecular weight excluding hydrogens is 517 g/mol. The van der Waals surface area contributed by atoms with Gasteiger partial charge in [0.25, 0.3) is 5.56 Å². The van der Waals surface area contributed by atoms with Crippen LogP contribution in [0.2, 0.25) is 10.2 Å². The van der Waals surface area contributed by atoms with Crippen LogP contribution in [0.5, 0.6) is 0 Å². The molecule has 1 atom stereocenters. The first-order chi connectivity index (χ1) is 17.9. The topological polar surface area (TPSA) is 132 Å². The number of aromatic amines is 1. The quantitative estimate of drug-likeness (QED) is 0.341. The van der Waals surface area contributed by atoms with Gasteiger partial charge < -0.3 is 14.7 Å². The molecular formula is C25H17Cl2N7O3. The monoisotopic (exact) mass is 533 g/mol. The van der Waals surface area contributed by atoms with Gasteiger partial charge in [0.05, 0.1) is 17.2 Å². The van der Waals surface area contributed by atoms with Gasteiger partial charge in [0.15, 0.2) is 0 Å². The first-order valence-electron chi connectivity index (χ1n) is 11.3. The van der Waals surface area contributed by atoms with E-state index in [1.165, 1.54) is 23.1 Å². The number of H-pyrrole nitrogens is 1. The van der Waals surface area contributed by atoms with Gasteiger partial charge in [0, 0.05) is 34.5 Å². The molecule has 0 aliphatic carbocycles. The van der Waals surface area contributed by atoms with Gasteiger partial charge in [-0.15, -0.1) is 5.10 Å². The van der Waals surface area contributed by atoms with E-state index in [-0.39, 0.29) is 17.0 Å². The van der Waals surface area contributed by atoms with E-state index in [1.54, 1.807) is 41.0 Å². The number of carboxylic acid groups (broad SMARTS) is 1. The zero-order chi connectivity index (χ0) is 25.7.